The van der Waals surface area contributed by atoms with Crippen LogP contribution in [0.25, 0.3) is 0 Å². The third-order valence-electron chi connectivity index (χ3n) is 3.90. The Morgan fingerprint density at radius 1 is 1.42 bits per heavy atom. The van der Waals surface area contributed by atoms with E-state index in [1.165, 1.54) is 6.92 Å². The van der Waals surface area contributed by atoms with Crippen molar-refractivity contribution in [2.45, 2.75) is 26.7 Å². The molecular formula is C14H18F2N2O. The van der Waals surface area contributed by atoms with Gasteiger partial charge in [0.15, 0.2) is 0 Å². The lowest BCUT2D eigenvalue weighted by Gasteiger charge is -2.25. The average molecular weight is 268 g/mol. The van der Waals surface area contributed by atoms with E-state index in [4.69, 9.17) is 0 Å². The fourth-order valence-electron chi connectivity index (χ4n) is 2.40. The van der Waals surface area contributed by atoms with Crippen LogP contribution >= 0.6 is 0 Å². The van der Waals surface area contributed by atoms with Crippen LogP contribution in [-0.4, -0.2) is 19.0 Å². The number of anilines is 1. The van der Waals surface area contributed by atoms with E-state index in [1.54, 1.807) is 0 Å². The van der Waals surface area contributed by atoms with Crippen LogP contribution < -0.4 is 10.6 Å². The molecule has 2 rings (SSSR count). The van der Waals surface area contributed by atoms with Gasteiger partial charge in [0.2, 0.25) is 5.91 Å². The summed E-state index contributed by atoms with van der Waals surface area (Å²) >= 11 is 0. The van der Waals surface area contributed by atoms with E-state index in [9.17, 15) is 13.6 Å². The molecule has 1 unspecified atom stereocenters. The lowest BCUT2D eigenvalue weighted by Crippen LogP contribution is -2.37. The summed E-state index contributed by atoms with van der Waals surface area (Å²) in [5, 5.41) is 5.66. The van der Waals surface area contributed by atoms with Crippen LogP contribution in [0.2, 0.25) is 0 Å². The molecule has 1 aliphatic rings. The third kappa shape index (κ3) is 2.61. The van der Waals surface area contributed by atoms with Gasteiger partial charge in [0.25, 0.3) is 0 Å². The number of rotatable bonds is 3. The van der Waals surface area contributed by atoms with Crippen molar-refractivity contribution < 1.29 is 13.6 Å². The number of nitrogens with one attached hydrogen (secondary N) is 2. The molecule has 1 aliphatic heterocycles. The van der Waals surface area contributed by atoms with E-state index in [2.05, 4.69) is 10.6 Å². The van der Waals surface area contributed by atoms with Crippen LogP contribution in [0.1, 0.15) is 25.3 Å². The van der Waals surface area contributed by atoms with Crippen molar-refractivity contribution in [3.8, 4) is 0 Å². The molecule has 0 aliphatic carbocycles. The van der Waals surface area contributed by atoms with Gasteiger partial charge in [-0.1, -0.05) is 6.92 Å². The average Bonchev–Trinajstić information content (AvgIpc) is 2.86. The zero-order valence-electron chi connectivity index (χ0n) is 11.1. The molecule has 1 heterocycles. The zero-order valence-corrected chi connectivity index (χ0v) is 11.1. The maximum atomic E-state index is 13.7. The summed E-state index contributed by atoms with van der Waals surface area (Å²) < 4.78 is 27.1. The summed E-state index contributed by atoms with van der Waals surface area (Å²) in [7, 11) is 0. The summed E-state index contributed by atoms with van der Waals surface area (Å²) in [6.45, 7) is 4.76. The first-order valence-electron chi connectivity index (χ1n) is 6.46. The molecule has 1 amide bonds. The van der Waals surface area contributed by atoms with Crippen LogP contribution in [0.5, 0.6) is 0 Å². The molecule has 0 saturated carbocycles. The Kier molecular flexibility index (Phi) is 3.85. The van der Waals surface area contributed by atoms with Crippen LogP contribution in [0.4, 0.5) is 14.5 Å². The fourth-order valence-corrected chi connectivity index (χ4v) is 2.40. The summed E-state index contributed by atoms with van der Waals surface area (Å²) in [5.74, 6) is -1.38. The Balaban J connectivity index is 2.21. The van der Waals surface area contributed by atoms with Gasteiger partial charge in [0.05, 0.1) is 11.1 Å². The fraction of sp³-hybridized carbons (Fsp3) is 0.500. The van der Waals surface area contributed by atoms with Crippen molar-refractivity contribution in [1.29, 1.82) is 0 Å². The molecule has 0 bridgehead atoms. The van der Waals surface area contributed by atoms with Crippen LogP contribution in [0, 0.1) is 24.0 Å². The number of aryl methyl sites for hydroxylation is 1. The van der Waals surface area contributed by atoms with Crippen molar-refractivity contribution in [2.24, 2.45) is 5.41 Å². The number of carbonyl (C=O) groups is 1. The molecule has 0 radical (unpaired) electrons. The highest BCUT2D eigenvalue weighted by Crippen LogP contribution is 2.31. The van der Waals surface area contributed by atoms with Gasteiger partial charge in [0, 0.05) is 12.6 Å². The molecule has 0 spiro atoms. The van der Waals surface area contributed by atoms with Crippen molar-refractivity contribution in [2.75, 3.05) is 18.4 Å². The number of hydrogen-bond donors (Lipinski definition) is 2. The number of carbonyl (C=O) groups excluding carboxylic acids is 1. The van der Waals surface area contributed by atoms with Gasteiger partial charge in [-0.2, -0.15) is 0 Å². The van der Waals surface area contributed by atoms with Gasteiger partial charge >= 0.3 is 0 Å². The van der Waals surface area contributed by atoms with Gasteiger partial charge in [0.1, 0.15) is 11.6 Å². The predicted molar refractivity (Wildman–Crippen MR) is 69.9 cm³/mol. The van der Waals surface area contributed by atoms with Crippen LogP contribution in [0.3, 0.4) is 0 Å². The second-order valence-corrected chi connectivity index (χ2v) is 5.10. The quantitative estimate of drug-likeness (QED) is 0.884. The highest BCUT2D eigenvalue weighted by atomic mass is 19.1. The Morgan fingerprint density at radius 3 is 2.74 bits per heavy atom. The molecule has 3 nitrogen and oxygen atoms in total. The first-order valence-corrected chi connectivity index (χ1v) is 6.46. The normalized spacial score (nSPS) is 22.5. The molecular weight excluding hydrogens is 250 g/mol. The Bertz CT molecular complexity index is 496. The predicted octanol–water partition coefficient (Wildman–Crippen LogP) is 2.60. The molecule has 1 atom stereocenters. The van der Waals surface area contributed by atoms with Crippen molar-refractivity contribution in [3.63, 3.8) is 0 Å². The zero-order chi connectivity index (χ0) is 14.0. The van der Waals surface area contributed by atoms with Gasteiger partial charge in [-0.05, 0) is 37.9 Å². The maximum Gasteiger partial charge on any atom is 0.231 e. The molecule has 1 aromatic carbocycles. The minimum absolute atomic E-state index is 0.0900. The lowest BCUT2D eigenvalue weighted by atomic mass is 9.83. The molecule has 1 fully saturated rings. The summed E-state index contributed by atoms with van der Waals surface area (Å²) in [6, 6.07) is 2.13. The van der Waals surface area contributed by atoms with E-state index in [0.29, 0.717) is 19.4 Å². The van der Waals surface area contributed by atoms with Gasteiger partial charge in [-0.3, -0.25) is 4.79 Å². The Hall–Kier alpha value is -1.49. The summed E-state index contributed by atoms with van der Waals surface area (Å²) in [5.41, 5.74) is -0.385. The second kappa shape index (κ2) is 5.25. The molecule has 0 aromatic heterocycles. The maximum absolute atomic E-state index is 13.7. The van der Waals surface area contributed by atoms with E-state index >= 15 is 0 Å². The lowest BCUT2D eigenvalue weighted by molar-refractivity contribution is -0.124. The van der Waals surface area contributed by atoms with Gasteiger partial charge < -0.3 is 10.6 Å². The molecule has 1 saturated heterocycles. The standard InChI is InChI=1S/C14H18F2N2O/c1-3-14(4-5-17-8-14)13(19)18-12-7-10(15)9(2)6-11(12)16/h6-7,17H,3-5,8H2,1-2H3,(H,18,19). The minimum atomic E-state index is -0.607. The monoisotopic (exact) mass is 268 g/mol. The van der Waals surface area contributed by atoms with Gasteiger partial charge in [-0.15, -0.1) is 0 Å². The first kappa shape index (κ1) is 13.9. The van der Waals surface area contributed by atoms with Gasteiger partial charge in [-0.25, -0.2) is 8.78 Å². The molecule has 19 heavy (non-hydrogen) atoms. The molecule has 104 valence electrons. The summed E-state index contributed by atoms with van der Waals surface area (Å²) in [4.78, 5) is 12.3. The van der Waals surface area contributed by atoms with Crippen molar-refractivity contribution in [1.82, 2.24) is 5.32 Å². The highest BCUT2D eigenvalue weighted by Gasteiger charge is 2.39. The van der Waals surface area contributed by atoms with Crippen molar-refractivity contribution in [3.05, 3.63) is 29.3 Å². The Morgan fingerprint density at radius 2 is 2.16 bits per heavy atom. The topological polar surface area (TPSA) is 41.1 Å². The van der Waals surface area contributed by atoms with E-state index in [0.717, 1.165) is 18.7 Å². The number of benzene rings is 1. The molecule has 1 aromatic rings. The third-order valence-corrected chi connectivity index (χ3v) is 3.90. The second-order valence-electron chi connectivity index (χ2n) is 5.10. The number of hydrogen-bond acceptors (Lipinski definition) is 2. The summed E-state index contributed by atoms with van der Waals surface area (Å²) in [6.07, 6.45) is 1.38. The highest BCUT2D eigenvalue weighted by molar-refractivity contribution is 5.95. The Labute approximate surface area is 111 Å². The smallest absolute Gasteiger partial charge is 0.231 e. The number of amides is 1. The van der Waals surface area contributed by atoms with E-state index in [-0.39, 0.29) is 17.2 Å². The molecule has 2 N–H and O–H groups in total. The van der Waals surface area contributed by atoms with E-state index in [1.807, 2.05) is 6.92 Å². The first-order chi connectivity index (χ1) is 8.98. The minimum Gasteiger partial charge on any atom is -0.323 e. The van der Waals surface area contributed by atoms with Crippen LogP contribution in [0.15, 0.2) is 12.1 Å². The SMILES string of the molecule is CCC1(C(=O)Nc2cc(F)c(C)cc2F)CCNC1. The van der Waals surface area contributed by atoms with E-state index < -0.39 is 17.0 Å². The number of halogens is 2. The molecule has 5 heteroatoms. The largest absolute Gasteiger partial charge is 0.323 e. The van der Waals surface area contributed by atoms with Crippen LogP contribution in [-0.2, 0) is 4.79 Å². The van der Waals surface area contributed by atoms with Crippen molar-refractivity contribution >= 4 is 11.6 Å².